The van der Waals surface area contributed by atoms with Crippen LogP contribution in [0.1, 0.15) is 11.1 Å². The molecule has 0 aliphatic carbocycles. The number of aromatic nitrogens is 4. The molecule has 0 aliphatic rings. The lowest BCUT2D eigenvalue weighted by molar-refractivity contribution is 0.714. The number of nitrogens with zero attached hydrogens (tertiary/aromatic N) is 4. The molecule has 0 spiro atoms. The Morgan fingerprint density at radius 2 is 1.65 bits per heavy atom. The number of hydrogen-bond donors (Lipinski definition) is 0. The van der Waals surface area contributed by atoms with E-state index in [1.165, 1.54) is 5.56 Å². The molecule has 4 heteroatoms. The van der Waals surface area contributed by atoms with Crippen molar-refractivity contribution >= 4 is 12.2 Å². The molecule has 0 saturated heterocycles. The summed E-state index contributed by atoms with van der Waals surface area (Å²) in [5.41, 5.74) is 3.28. The summed E-state index contributed by atoms with van der Waals surface area (Å²) >= 11 is 0. The first-order chi connectivity index (χ1) is 9.84. The van der Waals surface area contributed by atoms with E-state index in [9.17, 15) is 0 Å². The molecule has 0 fully saturated rings. The standard InChI is InChI=1S/C16H14N4/c1-20-16(17-18-19-20)15-10-6-5-9-14(15)12-11-13-7-3-2-4-8-13/h2-12H,1H3/b12-11+. The topological polar surface area (TPSA) is 43.6 Å². The number of hydrogen-bond acceptors (Lipinski definition) is 3. The minimum atomic E-state index is 0.762. The Morgan fingerprint density at radius 1 is 0.900 bits per heavy atom. The summed E-state index contributed by atoms with van der Waals surface area (Å²) in [4.78, 5) is 0. The minimum Gasteiger partial charge on any atom is -0.229 e. The molecular weight excluding hydrogens is 248 g/mol. The molecular formula is C16H14N4. The molecule has 0 N–H and O–H groups in total. The summed E-state index contributed by atoms with van der Waals surface area (Å²) in [6.07, 6.45) is 4.17. The van der Waals surface area contributed by atoms with E-state index in [2.05, 4.69) is 45.9 Å². The number of rotatable bonds is 3. The monoisotopic (exact) mass is 262 g/mol. The highest BCUT2D eigenvalue weighted by Gasteiger charge is 2.08. The van der Waals surface area contributed by atoms with E-state index in [1.54, 1.807) is 4.68 Å². The molecule has 98 valence electrons. The van der Waals surface area contributed by atoms with E-state index >= 15 is 0 Å². The zero-order valence-corrected chi connectivity index (χ0v) is 11.1. The molecule has 4 nitrogen and oxygen atoms in total. The summed E-state index contributed by atoms with van der Waals surface area (Å²) in [6.45, 7) is 0. The van der Waals surface area contributed by atoms with E-state index in [0.29, 0.717) is 0 Å². The Kier molecular flexibility index (Phi) is 3.37. The van der Waals surface area contributed by atoms with E-state index in [-0.39, 0.29) is 0 Å². The number of tetrazole rings is 1. The SMILES string of the molecule is Cn1nnnc1-c1ccccc1/C=C/c1ccccc1. The summed E-state index contributed by atoms with van der Waals surface area (Å²) in [5.74, 6) is 0.762. The fourth-order valence-electron chi connectivity index (χ4n) is 2.05. The molecule has 0 bridgehead atoms. The molecule has 3 rings (SSSR count). The quantitative estimate of drug-likeness (QED) is 0.681. The molecule has 0 amide bonds. The molecule has 3 aromatic rings. The van der Waals surface area contributed by atoms with Crippen molar-refractivity contribution in [2.24, 2.45) is 7.05 Å². The van der Waals surface area contributed by atoms with Gasteiger partial charge in [0.15, 0.2) is 5.82 Å². The molecule has 20 heavy (non-hydrogen) atoms. The molecule has 0 saturated carbocycles. The van der Waals surface area contributed by atoms with Crippen molar-refractivity contribution in [3.63, 3.8) is 0 Å². The van der Waals surface area contributed by atoms with Crippen LogP contribution in [0, 0.1) is 0 Å². The van der Waals surface area contributed by atoms with Crippen molar-refractivity contribution in [2.75, 3.05) is 0 Å². The Bertz CT molecular complexity index is 729. The van der Waals surface area contributed by atoms with Gasteiger partial charge in [-0.3, -0.25) is 0 Å². The summed E-state index contributed by atoms with van der Waals surface area (Å²) in [7, 11) is 1.84. The smallest absolute Gasteiger partial charge is 0.182 e. The average molecular weight is 262 g/mol. The van der Waals surface area contributed by atoms with Gasteiger partial charge in [0.25, 0.3) is 0 Å². The molecule has 2 aromatic carbocycles. The lowest BCUT2D eigenvalue weighted by Crippen LogP contribution is -1.95. The molecule has 0 atom stereocenters. The lowest BCUT2D eigenvalue weighted by Gasteiger charge is -2.03. The maximum Gasteiger partial charge on any atom is 0.182 e. The molecule has 0 aliphatic heterocycles. The molecule has 0 radical (unpaired) electrons. The third-order valence-electron chi connectivity index (χ3n) is 3.08. The van der Waals surface area contributed by atoms with E-state index in [0.717, 1.165) is 17.0 Å². The Balaban J connectivity index is 1.99. The van der Waals surface area contributed by atoms with Crippen LogP contribution in [0.5, 0.6) is 0 Å². The fraction of sp³-hybridized carbons (Fsp3) is 0.0625. The van der Waals surface area contributed by atoms with Gasteiger partial charge in [-0.15, -0.1) is 5.10 Å². The average Bonchev–Trinajstić information content (AvgIpc) is 2.92. The van der Waals surface area contributed by atoms with Crippen LogP contribution in [0.3, 0.4) is 0 Å². The van der Waals surface area contributed by atoms with Crippen molar-refractivity contribution in [2.45, 2.75) is 0 Å². The van der Waals surface area contributed by atoms with Gasteiger partial charge in [0.2, 0.25) is 0 Å². The summed E-state index contributed by atoms with van der Waals surface area (Å²) in [5, 5.41) is 11.6. The van der Waals surface area contributed by atoms with Gasteiger partial charge in [0, 0.05) is 12.6 Å². The van der Waals surface area contributed by atoms with Gasteiger partial charge in [-0.2, -0.15) is 0 Å². The van der Waals surface area contributed by atoms with Crippen molar-refractivity contribution < 1.29 is 0 Å². The highest BCUT2D eigenvalue weighted by atomic mass is 15.5. The van der Waals surface area contributed by atoms with Gasteiger partial charge in [-0.25, -0.2) is 4.68 Å². The molecule has 0 unspecified atom stereocenters. The van der Waals surface area contributed by atoms with E-state index < -0.39 is 0 Å². The minimum absolute atomic E-state index is 0.762. The van der Waals surface area contributed by atoms with Gasteiger partial charge in [0.05, 0.1) is 0 Å². The first kappa shape index (κ1) is 12.3. The van der Waals surface area contributed by atoms with Crippen LogP contribution in [0.4, 0.5) is 0 Å². The van der Waals surface area contributed by atoms with Gasteiger partial charge in [0.1, 0.15) is 0 Å². The van der Waals surface area contributed by atoms with Crippen LogP contribution >= 0.6 is 0 Å². The fourth-order valence-corrected chi connectivity index (χ4v) is 2.05. The molecule has 1 heterocycles. The summed E-state index contributed by atoms with van der Waals surface area (Å²) in [6, 6.07) is 18.3. The van der Waals surface area contributed by atoms with Crippen molar-refractivity contribution in [3.8, 4) is 11.4 Å². The third-order valence-corrected chi connectivity index (χ3v) is 3.08. The summed E-state index contributed by atoms with van der Waals surface area (Å²) < 4.78 is 1.68. The lowest BCUT2D eigenvalue weighted by atomic mass is 10.1. The first-order valence-electron chi connectivity index (χ1n) is 6.39. The predicted molar refractivity (Wildman–Crippen MR) is 79.6 cm³/mol. The van der Waals surface area contributed by atoms with Crippen molar-refractivity contribution in [3.05, 3.63) is 65.7 Å². The largest absolute Gasteiger partial charge is 0.229 e. The highest BCUT2D eigenvalue weighted by Crippen LogP contribution is 2.22. The van der Waals surface area contributed by atoms with Crippen LogP contribution in [0.2, 0.25) is 0 Å². The Morgan fingerprint density at radius 3 is 2.40 bits per heavy atom. The van der Waals surface area contributed by atoms with Crippen LogP contribution in [0.25, 0.3) is 23.5 Å². The van der Waals surface area contributed by atoms with Crippen LogP contribution in [-0.2, 0) is 7.05 Å². The zero-order chi connectivity index (χ0) is 13.8. The second kappa shape index (κ2) is 5.48. The van der Waals surface area contributed by atoms with Gasteiger partial charge < -0.3 is 0 Å². The van der Waals surface area contributed by atoms with Crippen molar-refractivity contribution in [1.82, 2.24) is 20.2 Å². The van der Waals surface area contributed by atoms with Gasteiger partial charge in [-0.1, -0.05) is 66.7 Å². The zero-order valence-electron chi connectivity index (χ0n) is 11.1. The normalized spacial score (nSPS) is 11.1. The first-order valence-corrected chi connectivity index (χ1v) is 6.39. The Labute approximate surface area is 117 Å². The van der Waals surface area contributed by atoms with E-state index in [4.69, 9.17) is 0 Å². The van der Waals surface area contributed by atoms with Crippen LogP contribution < -0.4 is 0 Å². The van der Waals surface area contributed by atoms with Crippen molar-refractivity contribution in [1.29, 1.82) is 0 Å². The second-order valence-electron chi connectivity index (χ2n) is 4.46. The maximum absolute atomic E-state index is 4.07. The second-order valence-corrected chi connectivity index (χ2v) is 4.46. The van der Waals surface area contributed by atoms with Gasteiger partial charge >= 0.3 is 0 Å². The van der Waals surface area contributed by atoms with Crippen LogP contribution in [0.15, 0.2) is 54.6 Å². The maximum atomic E-state index is 4.07. The predicted octanol–water partition coefficient (Wildman–Crippen LogP) is 3.05. The molecule has 1 aromatic heterocycles. The number of aryl methyl sites for hydroxylation is 1. The van der Waals surface area contributed by atoms with E-state index in [1.807, 2.05) is 43.4 Å². The van der Waals surface area contributed by atoms with Gasteiger partial charge in [-0.05, 0) is 21.6 Å². The van der Waals surface area contributed by atoms with Crippen LogP contribution in [-0.4, -0.2) is 20.2 Å². The highest BCUT2D eigenvalue weighted by molar-refractivity contribution is 5.78. The Hall–Kier alpha value is -2.75. The third kappa shape index (κ3) is 2.49. The number of benzene rings is 2.